The van der Waals surface area contributed by atoms with E-state index in [0.29, 0.717) is 17.5 Å². The van der Waals surface area contributed by atoms with Gasteiger partial charge >= 0.3 is 7.12 Å². The molecule has 4 N–H and O–H groups in total. The summed E-state index contributed by atoms with van der Waals surface area (Å²) in [6.07, 6.45) is 3.77. The molecule has 0 aromatic heterocycles. The van der Waals surface area contributed by atoms with Crippen LogP contribution < -0.4 is 5.73 Å². The van der Waals surface area contributed by atoms with E-state index in [4.69, 9.17) is 15.8 Å². The normalized spacial score (nSPS) is 21.9. The molecule has 0 saturated carbocycles. The Morgan fingerprint density at radius 1 is 1.69 bits per heavy atom. The Hall–Kier alpha value is -1.07. The Morgan fingerprint density at radius 2 is 2.31 bits per heavy atom. The molecule has 0 heterocycles. The zero-order valence-corrected chi connectivity index (χ0v) is 7.40. The van der Waals surface area contributed by atoms with Gasteiger partial charge in [0, 0.05) is 5.57 Å². The zero-order valence-electron chi connectivity index (χ0n) is 7.40. The maximum absolute atomic E-state index is 10.8. The average molecular weight is 181 g/mol. The predicted octanol–water partition coefficient (Wildman–Crippen LogP) is -0.624. The van der Waals surface area contributed by atoms with E-state index in [9.17, 15) is 4.79 Å². The first-order valence-corrected chi connectivity index (χ1v) is 4.10. The first kappa shape index (κ1) is 10.0. The van der Waals surface area contributed by atoms with Crippen molar-refractivity contribution in [2.24, 2.45) is 11.7 Å². The van der Waals surface area contributed by atoms with Crippen molar-refractivity contribution in [2.75, 3.05) is 0 Å². The standard InChI is InChI=1S/C8H12BNO3/c1-5-2-3-6(8(10)11)4-7(5)9(12)13/h3-5,12-13H,2H2,1H3,(H2,10,11)/t5-/m1/s1. The average Bonchev–Trinajstić information content (AvgIpc) is 2.04. The molecule has 1 atom stereocenters. The van der Waals surface area contributed by atoms with Gasteiger partial charge in [0.2, 0.25) is 5.91 Å². The number of hydrogen-bond acceptors (Lipinski definition) is 3. The molecule has 0 bridgehead atoms. The molecule has 1 amide bonds. The summed E-state index contributed by atoms with van der Waals surface area (Å²) in [7, 11) is -1.50. The van der Waals surface area contributed by atoms with Crippen LogP contribution in [0.2, 0.25) is 0 Å². The molecule has 13 heavy (non-hydrogen) atoms. The fourth-order valence-electron chi connectivity index (χ4n) is 1.32. The lowest BCUT2D eigenvalue weighted by Crippen LogP contribution is -2.25. The summed E-state index contributed by atoms with van der Waals surface area (Å²) in [5.41, 5.74) is 5.85. The smallest absolute Gasteiger partial charge is 0.423 e. The summed E-state index contributed by atoms with van der Waals surface area (Å²) < 4.78 is 0. The lowest BCUT2D eigenvalue weighted by atomic mass is 9.68. The number of carbonyl (C=O) groups is 1. The molecule has 0 fully saturated rings. The van der Waals surface area contributed by atoms with Gasteiger partial charge in [-0.1, -0.05) is 19.1 Å². The minimum atomic E-state index is -1.50. The number of hydrogen-bond donors (Lipinski definition) is 3. The highest BCUT2D eigenvalue weighted by atomic mass is 16.4. The first-order valence-electron chi connectivity index (χ1n) is 4.10. The Kier molecular flexibility index (Phi) is 2.90. The van der Waals surface area contributed by atoms with Gasteiger partial charge in [-0.25, -0.2) is 0 Å². The first-order chi connectivity index (χ1) is 6.02. The molecule has 0 radical (unpaired) electrons. The van der Waals surface area contributed by atoms with E-state index in [1.54, 1.807) is 6.08 Å². The molecule has 0 aromatic rings. The van der Waals surface area contributed by atoms with Crippen LogP contribution in [0.4, 0.5) is 0 Å². The number of carbonyl (C=O) groups excluding carboxylic acids is 1. The maximum atomic E-state index is 10.8. The van der Waals surface area contributed by atoms with E-state index in [-0.39, 0.29) is 5.92 Å². The number of rotatable bonds is 2. The van der Waals surface area contributed by atoms with Crippen molar-refractivity contribution < 1.29 is 14.8 Å². The second-order valence-corrected chi connectivity index (χ2v) is 3.18. The molecule has 1 rings (SSSR count). The minimum absolute atomic E-state index is 0.0445. The Bertz CT molecular complexity index is 283. The lowest BCUT2D eigenvalue weighted by Gasteiger charge is -2.18. The Morgan fingerprint density at radius 3 is 2.77 bits per heavy atom. The van der Waals surface area contributed by atoms with Crippen molar-refractivity contribution in [1.29, 1.82) is 0 Å². The summed E-state index contributed by atoms with van der Waals surface area (Å²) in [6, 6.07) is 0. The van der Waals surface area contributed by atoms with Crippen LogP contribution >= 0.6 is 0 Å². The molecule has 0 unspecified atom stereocenters. The third kappa shape index (κ3) is 2.20. The van der Waals surface area contributed by atoms with E-state index < -0.39 is 13.0 Å². The molecule has 1 aliphatic carbocycles. The van der Waals surface area contributed by atoms with Crippen LogP contribution in [-0.2, 0) is 4.79 Å². The van der Waals surface area contributed by atoms with Gasteiger partial charge in [-0.3, -0.25) is 4.79 Å². The summed E-state index contributed by atoms with van der Waals surface area (Å²) >= 11 is 0. The maximum Gasteiger partial charge on any atom is 0.484 e. The number of nitrogens with two attached hydrogens (primary N) is 1. The second kappa shape index (κ2) is 3.76. The summed E-state index contributed by atoms with van der Waals surface area (Å²) in [6.45, 7) is 1.86. The fraction of sp³-hybridized carbons (Fsp3) is 0.375. The molecule has 5 heteroatoms. The summed E-state index contributed by atoms with van der Waals surface area (Å²) in [4.78, 5) is 10.8. The number of allylic oxidation sites excluding steroid dienone is 2. The molecule has 1 aliphatic rings. The van der Waals surface area contributed by atoms with Gasteiger partial charge in [0.1, 0.15) is 0 Å². The van der Waals surface area contributed by atoms with Crippen LogP contribution in [0.25, 0.3) is 0 Å². The molecule has 0 aliphatic heterocycles. The largest absolute Gasteiger partial charge is 0.484 e. The van der Waals surface area contributed by atoms with Crippen LogP contribution in [0.5, 0.6) is 0 Å². The van der Waals surface area contributed by atoms with Gasteiger partial charge in [-0.15, -0.1) is 0 Å². The van der Waals surface area contributed by atoms with Gasteiger partial charge in [-0.05, 0) is 17.8 Å². The Balaban J connectivity index is 2.91. The van der Waals surface area contributed by atoms with Gasteiger partial charge in [0.25, 0.3) is 0 Å². The minimum Gasteiger partial charge on any atom is -0.423 e. The van der Waals surface area contributed by atoms with Crippen LogP contribution in [0.1, 0.15) is 13.3 Å². The Labute approximate surface area is 76.9 Å². The quantitative estimate of drug-likeness (QED) is 0.496. The van der Waals surface area contributed by atoms with E-state index in [2.05, 4.69) is 0 Å². The fourth-order valence-corrected chi connectivity index (χ4v) is 1.32. The van der Waals surface area contributed by atoms with Gasteiger partial charge in [0.05, 0.1) is 0 Å². The highest BCUT2D eigenvalue weighted by Crippen LogP contribution is 2.23. The third-order valence-corrected chi connectivity index (χ3v) is 2.17. The van der Waals surface area contributed by atoms with E-state index in [1.807, 2.05) is 6.92 Å². The zero-order chi connectivity index (χ0) is 10.0. The predicted molar refractivity (Wildman–Crippen MR) is 49.3 cm³/mol. The second-order valence-electron chi connectivity index (χ2n) is 3.18. The molecular formula is C8H12BNO3. The molecule has 70 valence electrons. The van der Waals surface area contributed by atoms with E-state index in [1.165, 1.54) is 6.08 Å². The molecular weight excluding hydrogens is 169 g/mol. The van der Waals surface area contributed by atoms with Gasteiger partial charge in [0.15, 0.2) is 0 Å². The highest BCUT2D eigenvalue weighted by molar-refractivity contribution is 6.51. The van der Waals surface area contributed by atoms with Crippen LogP contribution in [0, 0.1) is 5.92 Å². The molecule has 4 nitrogen and oxygen atoms in total. The SMILES string of the molecule is C[C@@H]1CC=C(C(N)=O)C=C1B(O)O. The van der Waals surface area contributed by atoms with Gasteiger partial charge in [-0.2, -0.15) is 0 Å². The van der Waals surface area contributed by atoms with E-state index >= 15 is 0 Å². The van der Waals surface area contributed by atoms with Crippen LogP contribution in [0.3, 0.4) is 0 Å². The topological polar surface area (TPSA) is 83.6 Å². The van der Waals surface area contributed by atoms with Crippen molar-refractivity contribution in [1.82, 2.24) is 0 Å². The molecule has 0 spiro atoms. The highest BCUT2D eigenvalue weighted by Gasteiger charge is 2.24. The lowest BCUT2D eigenvalue weighted by molar-refractivity contribution is -0.114. The number of primary amides is 1. The van der Waals surface area contributed by atoms with E-state index in [0.717, 1.165) is 0 Å². The van der Waals surface area contributed by atoms with Crippen LogP contribution in [-0.4, -0.2) is 23.1 Å². The summed E-state index contributed by atoms with van der Waals surface area (Å²) in [5.74, 6) is -0.492. The molecule has 0 aromatic carbocycles. The van der Waals surface area contributed by atoms with Gasteiger partial charge < -0.3 is 15.8 Å². The summed E-state index contributed by atoms with van der Waals surface area (Å²) in [5, 5.41) is 17.9. The molecule has 0 saturated heterocycles. The van der Waals surface area contributed by atoms with Crippen LogP contribution in [0.15, 0.2) is 23.2 Å². The third-order valence-electron chi connectivity index (χ3n) is 2.17. The van der Waals surface area contributed by atoms with Crippen molar-refractivity contribution >= 4 is 13.0 Å². The number of amides is 1. The van der Waals surface area contributed by atoms with Crippen molar-refractivity contribution in [2.45, 2.75) is 13.3 Å². The van der Waals surface area contributed by atoms with Crippen molar-refractivity contribution in [3.63, 3.8) is 0 Å². The van der Waals surface area contributed by atoms with Crippen molar-refractivity contribution in [3.05, 3.63) is 23.2 Å². The van der Waals surface area contributed by atoms with Crippen molar-refractivity contribution in [3.8, 4) is 0 Å². The monoisotopic (exact) mass is 181 g/mol.